The van der Waals surface area contributed by atoms with Gasteiger partial charge in [-0.05, 0) is 24.1 Å². The van der Waals surface area contributed by atoms with E-state index in [0.717, 1.165) is 19.2 Å². The molecule has 0 aromatic heterocycles. The number of aromatic carboxylic acids is 1. The number of aryl methyl sites for hydroxylation is 1. The molecule has 2 unspecified atom stereocenters. The van der Waals surface area contributed by atoms with Crippen LogP contribution in [-0.4, -0.2) is 60.4 Å². The third kappa shape index (κ3) is 2.72. The van der Waals surface area contributed by atoms with Crippen LogP contribution in [0.3, 0.4) is 0 Å². The van der Waals surface area contributed by atoms with Crippen LogP contribution in [0.15, 0.2) is 18.2 Å². The van der Waals surface area contributed by atoms with Gasteiger partial charge in [-0.15, -0.1) is 0 Å². The lowest BCUT2D eigenvalue weighted by molar-refractivity contribution is 0.0139. The van der Waals surface area contributed by atoms with Gasteiger partial charge in [-0.2, -0.15) is 0 Å². The molecule has 3 aromatic rings. The number of aliphatic hydroxyl groups excluding tert-OH is 2. The van der Waals surface area contributed by atoms with Crippen molar-refractivity contribution in [3.8, 4) is 39.9 Å². The molecule has 3 aromatic carbocycles. The number of carboxylic acid groups (broad SMARTS) is 1. The number of phenols is 4. The molecule has 11 heteroatoms. The molecule has 0 bridgehead atoms. The Kier molecular flexibility index (Phi) is 4.79. The van der Waals surface area contributed by atoms with Gasteiger partial charge < -0.3 is 40.5 Å². The molecule has 5 rings (SSSR count). The zero-order valence-corrected chi connectivity index (χ0v) is 18.7. The number of hydrogen-bond acceptors (Lipinski definition) is 10. The summed E-state index contributed by atoms with van der Waals surface area (Å²) in [5.41, 5.74) is -3.78. The first-order chi connectivity index (χ1) is 16.9. The number of aromatic hydroxyl groups is 4. The fraction of sp³-hybridized carbons (Fsp3) is 0.160. The monoisotopic (exact) mass is 494 g/mol. The van der Waals surface area contributed by atoms with Crippen LogP contribution in [0.5, 0.6) is 28.7 Å². The van der Waals surface area contributed by atoms with E-state index in [4.69, 9.17) is 4.74 Å². The minimum atomic E-state index is -1.83. The molecule has 0 spiro atoms. The predicted molar refractivity (Wildman–Crippen MR) is 120 cm³/mol. The smallest absolute Gasteiger partial charge is 0.339 e. The van der Waals surface area contributed by atoms with Crippen LogP contribution in [0, 0.1) is 6.92 Å². The summed E-state index contributed by atoms with van der Waals surface area (Å²) < 4.78 is 5.35. The zero-order valence-electron chi connectivity index (χ0n) is 18.7. The number of carbonyl (C=O) groups excluding carboxylic acids is 2. The van der Waals surface area contributed by atoms with E-state index in [1.54, 1.807) is 0 Å². The molecule has 36 heavy (non-hydrogen) atoms. The molecule has 7 N–H and O–H groups in total. The number of carboxylic acids is 1. The summed E-state index contributed by atoms with van der Waals surface area (Å²) in [7, 11) is 1.10. The van der Waals surface area contributed by atoms with Crippen LogP contribution in [0.2, 0.25) is 0 Å². The van der Waals surface area contributed by atoms with Crippen molar-refractivity contribution in [2.24, 2.45) is 0 Å². The second kappa shape index (κ2) is 7.44. The van der Waals surface area contributed by atoms with Gasteiger partial charge >= 0.3 is 5.97 Å². The molecule has 0 saturated heterocycles. The van der Waals surface area contributed by atoms with Gasteiger partial charge in [0, 0.05) is 28.3 Å². The Morgan fingerprint density at radius 2 is 1.50 bits per heavy atom. The van der Waals surface area contributed by atoms with Crippen molar-refractivity contribution in [3.05, 3.63) is 62.7 Å². The molecular formula is C25H18O11. The van der Waals surface area contributed by atoms with Crippen LogP contribution in [0.4, 0.5) is 0 Å². The number of ketones is 2. The molecule has 2 aliphatic rings. The first-order valence-corrected chi connectivity index (χ1v) is 10.5. The Bertz CT molecular complexity index is 1570. The van der Waals surface area contributed by atoms with E-state index in [1.807, 2.05) is 0 Å². The summed E-state index contributed by atoms with van der Waals surface area (Å²) in [5.74, 6) is -6.87. The lowest BCUT2D eigenvalue weighted by Crippen LogP contribution is -2.26. The van der Waals surface area contributed by atoms with E-state index in [-0.39, 0.29) is 22.3 Å². The first-order valence-electron chi connectivity index (χ1n) is 10.5. The van der Waals surface area contributed by atoms with Crippen molar-refractivity contribution < 1.29 is 54.9 Å². The van der Waals surface area contributed by atoms with E-state index >= 15 is 0 Å². The van der Waals surface area contributed by atoms with Gasteiger partial charge in [0.2, 0.25) is 5.78 Å². The fourth-order valence-corrected chi connectivity index (χ4v) is 5.13. The maximum absolute atomic E-state index is 13.4. The van der Waals surface area contributed by atoms with Crippen molar-refractivity contribution in [3.63, 3.8) is 0 Å². The second-order valence-corrected chi connectivity index (χ2v) is 8.54. The van der Waals surface area contributed by atoms with Gasteiger partial charge in [0.1, 0.15) is 46.5 Å². The summed E-state index contributed by atoms with van der Waals surface area (Å²) in [5, 5.41) is 73.9. The molecule has 2 aliphatic carbocycles. The third-order valence-electron chi connectivity index (χ3n) is 6.60. The molecule has 0 amide bonds. The highest BCUT2D eigenvalue weighted by Crippen LogP contribution is 2.58. The van der Waals surface area contributed by atoms with Gasteiger partial charge in [0.15, 0.2) is 5.78 Å². The normalized spacial score (nSPS) is 17.7. The number of methoxy groups -OCH3 is 1. The van der Waals surface area contributed by atoms with Gasteiger partial charge in [0.25, 0.3) is 0 Å². The number of phenolic OH excluding ortho intramolecular Hbond substituents is 3. The Hall–Kier alpha value is -4.61. The summed E-state index contributed by atoms with van der Waals surface area (Å²) in [6.45, 7) is 1.36. The first kappa shape index (κ1) is 23.1. The Morgan fingerprint density at radius 1 is 0.833 bits per heavy atom. The van der Waals surface area contributed by atoms with E-state index in [1.165, 1.54) is 13.0 Å². The standard InChI is InChI=1S/C25H18O11/c1-6-3-8-13(20(30)11(6)25(34)35)14-16(23(33)19(8)29)24(36-2)17-15(22(14)32)18(28)9-4-7(26)5-10(27)12(9)21(17)31/h3-5,19,23,26-27,29-30,32-33H,1-2H3,(H,34,35). The molecule has 0 saturated carbocycles. The van der Waals surface area contributed by atoms with Crippen LogP contribution in [0.25, 0.3) is 11.1 Å². The average Bonchev–Trinajstić information content (AvgIpc) is 2.79. The number of hydrogen-bond donors (Lipinski definition) is 7. The zero-order chi connectivity index (χ0) is 26.4. The van der Waals surface area contributed by atoms with Gasteiger partial charge in [0.05, 0.1) is 23.8 Å². The lowest BCUT2D eigenvalue weighted by atomic mass is 9.73. The van der Waals surface area contributed by atoms with E-state index < -0.39 is 91.9 Å². The maximum atomic E-state index is 13.4. The molecule has 0 heterocycles. The van der Waals surface area contributed by atoms with Crippen molar-refractivity contribution in [1.29, 1.82) is 0 Å². The predicted octanol–water partition coefficient (Wildman–Crippen LogP) is 2.05. The van der Waals surface area contributed by atoms with Crippen molar-refractivity contribution in [1.82, 2.24) is 0 Å². The molecular weight excluding hydrogens is 476 g/mol. The van der Waals surface area contributed by atoms with Crippen molar-refractivity contribution in [2.75, 3.05) is 7.11 Å². The third-order valence-corrected chi connectivity index (χ3v) is 6.60. The SMILES string of the molecule is COc1c2c(c(O)c3c1C(O)C(O)c1cc(C)c(C(=O)O)c(O)c1-3)C(=O)c1cc(O)cc(O)c1C2=O. The Morgan fingerprint density at radius 3 is 2.11 bits per heavy atom. The Balaban J connectivity index is 1.97. The van der Waals surface area contributed by atoms with Gasteiger partial charge in [-0.1, -0.05) is 6.07 Å². The fourth-order valence-electron chi connectivity index (χ4n) is 5.13. The summed E-state index contributed by atoms with van der Waals surface area (Å²) in [4.78, 5) is 38.7. The Labute approximate surface area is 201 Å². The minimum absolute atomic E-state index is 0.0593. The minimum Gasteiger partial charge on any atom is -0.508 e. The second-order valence-electron chi connectivity index (χ2n) is 8.54. The van der Waals surface area contributed by atoms with Crippen LogP contribution in [0.1, 0.15) is 71.1 Å². The highest BCUT2D eigenvalue weighted by atomic mass is 16.5. The van der Waals surface area contributed by atoms with Gasteiger partial charge in [-0.3, -0.25) is 9.59 Å². The van der Waals surface area contributed by atoms with Crippen LogP contribution in [-0.2, 0) is 0 Å². The van der Waals surface area contributed by atoms with E-state index in [0.29, 0.717) is 0 Å². The number of rotatable bonds is 2. The molecule has 11 nitrogen and oxygen atoms in total. The summed E-state index contributed by atoms with van der Waals surface area (Å²) in [6.07, 6.45) is -3.57. The lowest BCUT2D eigenvalue weighted by Gasteiger charge is -2.34. The quantitative estimate of drug-likeness (QED) is 0.215. The van der Waals surface area contributed by atoms with Crippen molar-refractivity contribution >= 4 is 17.5 Å². The number of carbonyl (C=O) groups is 3. The van der Waals surface area contributed by atoms with Crippen LogP contribution >= 0.6 is 0 Å². The average molecular weight is 494 g/mol. The number of aliphatic hydroxyl groups is 2. The van der Waals surface area contributed by atoms with Crippen LogP contribution < -0.4 is 4.74 Å². The summed E-state index contributed by atoms with van der Waals surface area (Å²) in [6, 6.07) is 3.00. The molecule has 184 valence electrons. The number of fused-ring (bicyclic) bond motifs is 5. The topological polar surface area (TPSA) is 202 Å². The molecule has 0 radical (unpaired) electrons. The number of ether oxygens (including phenoxy) is 1. The highest BCUT2D eigenvalue weighted by molar-refractivity contribution is 6.32. The number of benzene rings is 3. The van der Waals surface area contributed by atoms with Gasteiger partial charge in [-0.25, -0.2) is 4.79 Å². The van der Waals surface area contributed by atoms with E-state index in [2.05, 4.69) is 0 Å². The molecule has 0 fully saturated rings. The highest BCUT2D eigenvalue weighted by Gasteiger charge is 2.46. The molecule has 0 aliphatic heterocycles. The maximum Gasteiger partial charge on any atom is 0.339 e. The van der Waals surface area contributed by atoms with Crippen molar-refractivity contribution in [2.45, 2.75) is 19.1 Å². The molecule has 2 atom stereocenters. The summed E-state index contributed by atoms with van der Waals surface area (Å²) >= 11 is 0. The largest absolute Gasteiger partial charge is 0.508 e. The van der Waals surface area contributed by atoms with E-state index in [9.17, 15) is 50.1 Å².